The van der Waals surface area contributed by atoms with Gasteiger partial charge in [0, 0.05) is 15.6 Å². The van der Waals surface area contributed by atoms with Crippen molar-refractivity contribution in [1.82, 2.24) is 0 Å². The molecule has 0 radical (unpaired) electrons. The number of carbonyl (C=O) groups excluding carboxylic acids is 1. The van der Waals surface area contributed by atoms with Crippen LogP contribution in [0.15, 0.2) is 18.2 Å². The lowest BCUT2D eigenvalue weighted by Crippen LogP contribution is -2.22. The highest BCUT2D eigenvalue weighted by atomic mass is 35.5. The molecule has 10 heteroatoms. The Morgan fingerprint density at radius 1 is 1.05 bits per heavy atom. The van der Waals surface area contributed by atoms with Crippen LogP contribution in [0.3, 0.4) is 0 Å². The summed E-state index contributed by atoms with van der Waals surface area (Å²) in [5.74, 6) is -4.01. The van der Waals surface area contributed by atoms with E-state index in [9.17, 15) is 36.2 Å². The first-order valence-electron chi connectivity index (χ1n) is 4.90. The summed E-state index contributed by atoms with van der Waals surface area (Å²) >= 11 is 10.8. The Hall–Kier alpha value is -1.41. The Morgan fingerprint density at radius 3 is 1.81 bits per heavy atom. The number of ketones is 1. The van der Waals surface area contributed by atoms with Crippen LogP contribution in [0.2, 0.25) is 10.0 Å². The van der Waals surface area contributed by atoms with Crippen molar-refractivity contribution in [2.75, 3.05) is 0 Å². The van der Waals surface area contributed by atoms with Gasteiger partial charge in [0.2, 0.25) is 0 Å². The van der Waals surface area contributed by atoms with Crippen LogP contribution in [-0.2, 0) is 11.0 Å². The van der Waals surface area contributed by atoms with E-state index in [1.165, 1.54) is 0 Å². The van der Waals surface area contributed by atoms with Crippen molar-refractivity contribution in [2.24, 2.45) is 0 Å². The summed E-state index contributed by atoms with van der Waals surface area (Å²) in [7, 11) is 0. The highest BCUT2D eigenvalue weighted by molar-refractivity contribution is 6.37. The normalized spacial score (nSPS) is 13.4. The number of hydrogen-bond donors (Lipinski definition) is 0. The molecule has 0 N–H and O–H groups in total. The Balaban J connectivity index is 3.33. The summed E-state index contributed by atoms with van der Waals surface area (Å²) < 4.78 is 73.3. The van der Waals surface area contributed by atoms with Gasteiger partial charge < -0.3 is 5.11 Å². The van der Waals surface area contributed by atoms with E-state index < -0.39 is 45.1 Å². The van der Waals surface area contributed by atoms with Gasteiger partial charge >= 0.3 is 12.4 Å². The van der Waals surface area contributed by atoms with Crippen LogP contribution < -0.4 is 5.11 Å². The first kappa shape index (κ1) is 17.6. The van der Waals surface area contributed by atoms with Crippen molar-refractivity contribution in [2.45, 2.75) is 12.4 Å². The maximum absolute atomic E-state index is 12.4. The van der Waals surface area contributed by atoms with Crippen molar-refractivity contribution in [3.63, 3.8) is 0 Å². The molecule has 0 aliphatic rings. The van der Waals surface area contributed by atoms with Crippen LogP contribution in [0.5, 0.6) is 0 Å². The zero-order valence-corrected chi connectivity index (χ0v) is 11.1. The summed E-state index contributed by atoms with van der Waals surface area (Å²) in [6.07, 6.45) is -10.4. The van der Waals surface area contributed by atoms with E-state index in [0.29, 0.717) is 12.1 Å². The van der Waals surface area contributed by atoms with Crippen LogP contribution >= 0.6 is 23.2 Å². The maximum atomic E-state index is 12.4. The van der Waals surface area contributed by atoms with Crippen LogP contribution in [0.25, 0.3) is 5.76 Å². The van der Waals surface area contributed by atoms with Crippen LogP contribution in [0.1, 0.15) is 11.1 Å². The van der Waals surface area contributed by atoms with Gasteiger partial charge in [-0.3, -0.25) is 4.79 Å². The number of alkyl halides is 6. The molecule has 0 saturated carbocycles. The molecule has 1 aromatic rings. The number of benzene rings is 1. The first-order chi connectivity index (χ1) is 9.34. The second kappa shape index (κ2) is 5.76. The Bertz CT molecular complexity index is 581. The van der Waals surface area contributed by atoms with Crippen molar-refractivity contribution < 1.29 is 36.2 Å². The molecule has 0 aliphatic carbocycles. The van der Waals surface area contributed by atoms with Gasteiger partial charge in [-0.15, -0.1) is 0 Å². The minimum atomic E-state index is -5.29. The summed E-state index contributed by atoms with van der Waals surface area (Å²) in [5.41, 5.74) is -2.10. The molecule has 0 unspecified atom stereocenters. The zero-order chi connectivity index (χ0) is 16.6. The molecule has 0 aliphatic heterocycles. The predicted molar refractivity (Wildman–Crippen MR) is 60.5 cm³/mol. The topological polar surface area (TPSA) is 40.1 Å². The van der Waals surface area contributed by atoms with Crippen LogP contribution in [0, 0.1) is 0 Å². The minimum Gasteiger partial charge on any atom is -0.872 e. The number of carbonyl (C=O) groups is 1. The molecule has 21 heavy (non-hydrogen) atoms. The van der Waals surface area contributed by atoms with E-state index >= 15 is 0 Å². The number of allylic oxidation sites excluding steroid dienone is 1. The fraction of sp³-hybridized carbons (Fsp3) is 0.182. The van der Waals surface area contributed by atoms with Gasteiger partial charge in [-0.05, 0) is 18.2 Å². The summed E-state index contributed by atoms with van der Waals surface area (Å²) in [4.78, 5) is 10.6. The third-order valence-electron chi connectivity index (χ3n) is 2.16. The van der Waals surface area contributed by atoms with Crippen molar-refractivity contribution in [3.05, 3.63) is 39.4 Å². The second-order valence-electron chi connectivity index (χ2n) is 3.68. The standard InChI is InChI=1S/C11H4Cl2F6O2/c12-5-1-4(10(14,15)16)2-6(13)9(5)7(20)3-8(21)11(17,18)19/h1-3,20H/p-1/b7-3-. The molecule has 0 amide bonds. The average Bonchev–Trinajstić information content (AvgIpc) is 2.24. The second-order valence-corrected chi connectivity index (χ2v) is 4.50. The number of halogens is 8. The molecule has 2 nitrogen and oxygen atoms in total. The zero-order valence-electron chi connectivity index (χ0n) is 9.57. The summed E-state index contributed by atoms with van der Waals surface area (Å²) in [6.45, 7) is 0. The molecule has 1 rings (SSSR count). The third kappa shape index (κ3) is 4.28. The van der Waals surface area contributed by atoms with Gasteiger partial charge in [-0.25, -0.2) is 0 Å². The highest BCUT2D eigenvalue weighted by Crippen LogP contribution is 2.37. The van der Waals surface area contributed by atoms with Gasteiger partial charge in [0.05, 0.1) is 5.56 Å². The molecule has 116 valence electrons. The lowest BCUT2D eigenvalue weighted by atomic mass is 10.1. The van der Waals surface area contributed by atoms with E-state index in [0.717, 1.165) is 0 Å². The Labute approximate surface area is 123 Å². The SMILES string of the molecule is O=C(/C=C(\[O-])c1c(Cl)cc(C(F)(F)F)cc1Cl)C(F)(F)F. The van der Waals surface area contributed by atoms with E-state index in [1.54, 1.807) is 0 Å². The molecule has 0 spiro atoms. The van der Waals surface area contributed by atoms with Gasteiger partial charge in [0.1, 0.15) is 0 Å². The molecule has 0 atom stereocenters. The smallest absolute Gasteiger partial charge is 0.454 e. The highest BCUT2D eigenvalue weighted by Gasteiger charge is 2.36. The monoisotopic (exact) mass is 351 g/mol. The van der Waals surface area contributed by atoms with Crippen LogP contribution in [0.4, 0.5) is 26.3 Å². The summed E-state index contributed by atoms with van der Waals surface area (Å²) in [6, 6.07) is 0.652. The van der Waals surface area contributed by atoms with Crippen molar-refractivity contribution in [3.8, 4) is 0 Å². The minimum absolute atomic E-state index is 0.326. The molecule has 1 aromatic carbocycles. The van der Waals surface area contributed by atoms with Crippen molar-refractivity contribution >= 4 is 34.7 Å². The number of hydrogen-bond acceptors (Lipinski definition) is 2. The van der Waals surface area contributed by atoms with E-state index in [-0.39, 0.29) is 6.08 Å². The molecule has 0 fully saturated rings. The van der Waals surface area contributed by atoms with E-state index in [2.05, 4.69) is 0 Å². The van der Waals surface area contributed by atoms with Crippen molar-refractivity contribution in [1.29, 1.82) is 0 Å². The molecule has 0 saturated heterocycles. The van der Waals surface area contributed by atoms with Gasteiger partial charge in [0.25, 0.3) is 5.78 Å². The summed E-state index contributed by atoms with van der Waals surface area (Å²) in [5, 5.41) is 9.85. The molecule has 0 heterocycles. The lowest BCUT2D eigenvalue weighted by molar-refractivity contribution is -0.244. The predicted octanol–water partition coefficient (Wildman–Crippen LogP) is 3.84. The molecule has 0 bridgehead atoms. The largest absolute Gasteiger partial charge is 0.872 e. The van der Waals surface area contributed by atoms with E-state index in [1.807, 2.05) is 0 Å². The third-order valence-corrected chi connectivity index (χ3v) is 2.75. The Kier molecular flexibility index (Phi) is 4.84. The number of rotatable bonds is 2. The molecule has 0 aromatic heterocycles. The fourth-order valence-electron chi connectivity index (χ4n) is 1.25. The van der Waals surface area contributed by atoms with Gasteiger partial charge in [-0.2, -0.15) is 26.3 Å². The fourth-order valence-corrected chi connectivity index (χ4v) is 1.92. The Morgan fingerprint density at radius 2 is 1.48 bits per heavy atom. The average molecular weight is 352 g/mol. The lowest BCUT2D eigenvalue weighted by Gasteiger charge is -2.18. The van der Waals surface area contributed by atoms with Gasteiger partial charge in [0.15, 0.2) is 0 Å². The van der Waals surface area contributed by atoms with E-state index in [4.69, 9.17) is 23.2 Å². The first-order valence-corrected chi connectivity index (χ1v) is 5.66. The maximum Gasteiger partial charge on any atom is 0.454 e. The van der Waals surface area contributed by atoms with Crippen LogP contribution in [-0.4, -0.2) is 12.0 Å². The quantitative estimate of drug-likeness (QED) is 0.461. The molecular formula is C11H3Cl2F6O2-. The molecular weight excluding hydrogens is 349 g/mol. The van der Waals surface area contributed by atoms with Gasteiger partial charge in [-0.1, -0.05) is 29.0 Å².